The largest absolute Gasteiger partial charge is 0.462 e. The smallest absolute Gasteiger partial charge is 0.306 e. The second-order valence-electron chi connectivity index (χ2n) is 23.8. The number of esters is 3. The molecule has 0 heterocycles. The van der Waals surface area contributed by atoms with E-state index in [2.05, 4.69) is 118 Å². The summed E-state index contributed by atoms with van der Waals surface area (Å²) in [6.45, 7) is 6.55. The summed E-state index contributed by atoms with van der Waals surface area (Å²) in [4.78, 5) is 38.5. The van der Waals surface area contributed by atoms with Crippen LogP contribution < -0.4 is 0 Å². The van der Waals surface area contributed by atoms with Crippen molar-refractivity contribution in [3.8, 4) is 0 Å². The predicted molar refractivity (Wildman–Crippen MR) is 362 cm³/mol. The molecule has 0 aromatic heterocycles. The van der Waals surface area contributed by atoms with E-state index in [-0.39, 0.29) is 31.1 Å². The van der Waals surface area contributed by atoms with Crippen LogP contribution in [0.3, 0.4) is 0 Å². The first-order valence-corrected chi connectivity index (χ1v) is 35.7. The average molecular weight is 1160 g/mol. The van der Waals surface area contributed by atoms with Crippen molar-refractivity contribution in [1.82, 2.24) is 0 Å². The Labute approximate surface area is 515 Å². The molecule has 6 nitrogen and oxygen atoms in total. The van der Waals surface area contributed by atoms with Gasteiger partial charge in [0.25, 0.3) is 0 Å². The summed E-state index contributed by atoms with van der Waals surface area (Å²) in [5, 5.41) is 0. The molecule has 6 heteroatoms. The quantitative estimate of drug-likeness (QED) is 0.0261. The number of allylic oxidation sites excluding steroid dienone is 16. The second kappa shape index (κ2) is 70.8. The number of hydrogen-bond acceptors (Lipinski definition) is 6. The molecular weight excluding hydrogens is 1020 g/mol. The van der Waals surface area contributed by atoms with Gasteiger partial charge in [0.2, 0.25) is 0 Å². The fraction of sp³-hybridized carbons (Fsp3) is 0.753. The number of rotatable bonds is 65. The molecule has 0 spiro atoms. The van der Waals surface area contributed by atoms with E-state index in [1.54, 1.807) is 0 Å². The summed E-state index contributed by atoms with van der Waals surface area (Å²) in [7, 11) is 0. The van der Waals surface area contributed by atoms with E-state index in [9.17, 15) is 14.4 Å². The standard InChI is InChI=1S/C77H134O6/c1-4-7-10-13-16-19-22-25-28-30-32-33-34-35-36-37-38-39-40-41-42-43-45-46-49-52-55-58-61-64-67-70-76(79)82-73-74(72-81-75(78)69-66-63-60-57-54-51-48-27-24-21-18-15-12-9-6-3)83-77(80)71-68-65-62-59-56-53-50-47-44-31-29-26-23-20-17-14-11-8-5-2/h7,10,16,19,25-29,32-33,35-36,38-39,48,74H,4-6,8-9,11-15,17-18,20-24,30-31,34,37,40-47,49-73H2,1-3H3/b10-7-,19-16-,28-25-,29-26-,33-32-,36-35-,39-38-,48-27-. The summed E-state index contributed by atoms with van der Waals surface area (Å²) in [6.07, 6.45) is 95.7. The maximum absolute atomic E-state index is 13.0. The van der Waals surface area contributed by atoms with E-state index in [4.69, 9.17) is 14.2 Å². The Kier molecular flexibility index (Phi) is 67.7. The fourth-order valence-corrected chi connectivity index (χ4v) is 10.2. The van der Waals surface area contributed by atoms with Crippen LogP contribution in [-0.2, 0) is 28.6 Å². The molecule has 1 unspecified atom stereocenters. The summed E-state index contributed by atoms with van der Waals surface area (Å²) >= 11 is 0. The highest BCUT2D eigenvalue weighted by atomic mass is 16.6. The molecule has 0 aromatic rings. The van der Waals surface area contributed by atoms with Gasteiger partial charge >= 0.3 is 17.9 Å². The van der Waals surface area contributed by atoms with Crippen LogP contribution in [-0.4, -0.2) is 37.2 Å². The number of carbonyl (C=O) groups excluding carboxylic acids is 3. The van der Waals surface area contributed by atoms with Crippen molar-refractivity contribution in [2.45, 2.75) is 361 Å². The Morgan fingerprint density at radius 1 is 0.253 bits per heavy atom. The molecule has 0 aliphatic heterocycles. The van der Waals surface area contributed by atoms with Gasteiger partial charge in [-0.3, -0.25) is 14.4 Å². The molecule has 83 heavy (non-hydrogen) atoms. The Bertz CT molecular complexity index is 1610. The fourth-order valence-electron chi connectivity index (χ4n) is 10.2. The van der Waals surface area contributed by atoms with Gasteiger partial charge in [-0.05, 0) is 122 Å². The Balaban J connectivity index is 4.28. The first-order chi connectivity index (χ1) is 41.0. The summed E-state index contributed by atoms with van der Waals surface area (Å²) < 4.78 is 17.0. The first kappa shape index (κ1) is 79.3. The lowest BCUT2D eigenvalue weighted by Crippen LogP contribution is -2.30. The molecule has 0 bridgehead atoms. The zero-order valence-corrected chi connectivity index (χ0v) is 54.9. The van der Waals surface area contributed by atoms with Gasteiger partial charge in [0.05, 0.1) is 0 Å². The lowest BCUT2D eigenvalue weighted by molar-refractivity contribution is -0.167. The van der Waals surface area contributed by atoms with Gasteiger partial charge in [0.15, 0.2) is 6.10 Å². The molecule has 0 rings (SSSR count). The van der Waals surface area contributed by atoms with Crippen LogP contribution in [0.4, 0.5) is 0 Å². The van der Waals surface area contributed by atoms with Crippen LogP contribution in [0, 0.1) is 0 Å². The Morgan fingerprint density at radius 3 is 0.747 bits per heavy atom. The summed E-state index contributed by atoms with van der Waals surface area (Å²) in [5.74, 6) is -0.874. The van der Waals surface area contributed by atoms with E-state index in [1.165, 1.54) is 212 Å². The molecule has 0 saturated carbocycles. The molecule has 0 fully saturated rings. The third-order valence-electron chi connectivity index (χ3n) is 15.5. The minimum absolute atomic E-state index is 0.0792. The third kappa shape index (κ3) is 69.0. The highest BCUT2D eigenvalue weighted by molar-refractivity contribution is 5.71. The zero-order chi connectivity index (χ0) is 59.9. The van der Waals surface area contributed by atoms with Crippen LogP contribution in [0.25, 0.3) is 0 Å². The highest BCUT2D eigenvalue weighted by Crippen LogP contribution is 2.17. The molecular formula is C77H134O6. The van der Waals surface area contributed by atoms with Crippen LogP contribution >= 0.6 is 0 Å². The molecule has 0 N–H and O–H groups in total. The Morgan fingerprint density at radius 2 is 0.470 bits per heavy atom. The zero-order valence-electron chi connectivity index (χ0n) is 54.9. The van der Waals surface area contributed by atoms with Gasteiger partial charge in [-0.25, -0.2) is 0 Å². The molecule has 0 aliphatic rings. The number of hydrogen-bond donors (Lipinski definition) is 0. The van der Waals surface area contributed by atoms with Crippen molar-refractivity contribution in [3.05, 3.63) is 97.2 Å². The lowest BCUT2D eigenvalue weighted by atomic mass is 10.0. The van der Waals surface area contributed by atoms with E-state index < -0.39 is 6.10 Å². The average Bonchev–Trinajstić information content (AvgIpc) is 3.49. The van der Waals surface area contributed by atoms with Crippen LogP contribution in [0.2, 0.25) is 0 Å². The molecule has 478 valence electrons. The van der Waals surface area contributed by atoms with Crippen molar-refractivity contribution in [2.24, 2.45) is 0 Å². The van der Waals surface area contributed by atoms with E-state index >= 15 is 0 Å². The Hall–Kier alpha value is -3.67. The molecule has 0 saturated heterocycles. The first-order valence-electron chi connectivity index (χ1n) is 35.7. The van der Waals surface area contributed by atoms with Gasteiger partial charge in [0.1, 0.15) is 13.2 Å². The number of ether oxygens (including phenoxy) is 3. The van der Waals surface area contributed by atoms with Crippen molar-refractivity contribution >= 4 is 17.9 Å². The molecule has 1 atom stereocenters. The van der Waals surface area contributed by atoms with E-state index in [0.717, 1.165) is 103 Å². The minimum Gasteiger partial charge on any atom is -0.462 e. The van der Waals surface area contributed by atoms with Crippen LogP contribution in [0.15, 0.2) is 97.2 Å². The van der Waals surface area contributed by atoms with Crippen molar-refractivity contribution in [2.75, 3.05) is 13.2 Å². The maximum Gasteiger partial charge on any atom is 0.306 e. The minimum atomic E-state index is -0.784. The predicted octanol–water partition coefficient (Wildman–Crippen LogP) is 24.8. The van der Waals surface area contributed by atoms with Crippen LogP contribution in [0.1, 0.15) is 355 Å². The van der Waals surface area contributed by atoms with Gasteiger partial charge in [-0.1, -0.05) is 311 Å². The summed E-state index contributed by atoms with van der Waals surface area (Å²) in [6, 6.07) is 0. The number of carbonyl (C=O) groups is 3. The molecule has 0 aliphatic carbocycles. The van der Waals surface area contributed by atoms with Gasteiger partial charge in [-0.2, -0.15) is 0 Å². The molecule has 0 amide bonds. The van der Waals surface area contributed by atoms with Gasteiger partial charge < -0.3 is 14.2 Å². The molecule has 0 aromatic carbocycles. The SMILES string of the molecule is CC/C=C\C/C=C\C/C=C\C/C=C\C/C=C\C/C=C\CCCCCCCCCCCCCCC(=O)OCC(COC(=O)CCCCCCC/C=C\CCCCCCCC)OC(=O)CCCCCCCCCCC/C=C\CCCCCCCC. The third-order valence-corrected chi connectivity index (χ3v) is 15.5. The van der Waals surface area contributed by atoms with E-state index in [1.807, 2.05) is 0 Å². The maximum atomic E-state index is 13.0. The normalized spacial score (nSPS) is 12.7. The molecule has 0 radical (unpaired) electrons. The summed E-state index contributed by atoms with van der Waals surface area (Å²) in [5.41, 5.74) is 0. The second-order valence-corrected chi connectivity index (χ2v) is 23.8. The van der Waals surface area contributed by atoms with Crippen molar-refractivity contribution in [1.29, 1.82) is 0 Å². The highest BCUT2D eigenvalue weighted by Gasteiger charge is 2.19. The van der Waals surface area contributed by atoms with Crippen LogP contribution in [0.5, 0.6) is 0 Å². The lowest BCUT2D eigenvalue weighted by Gasteiger charge is -2.18. The monoisotopic (exact) mass is 1160 g/mol. The topological polar surface area (TPSA) is 78.9 Å². The van der Waals surface area contributed by atoms with E-state index in [0.29, 0.717) is 19.3 Å². The van der Waals surface area contributed by atoms with Gasteiger partial charge in [-0.15, -0.1) is 0 Å². The van der Waals surface area contributed by atoms with Crippen molar-refractivity contribution in [3.63, 3.8) is 0 Å². The van der Waals surface area contributed by atoms with Gasteiger partial charge in [0, 0.05) is 19.3 Å². The van der Waals surface area contributed by atoms with Crippen molar-refractivity contribution < 1.29 is 28.6 Å². The number of unbranched alkanes of at least 4 members (excludes halogenated alkanes) is 38.